The zero-order chi connectivity index (χ0) is 12.5. The SMILES string of the molecule is CCNC(c1cncc(OC)c1)C1CC2CC2C1. The first-order valence-electron chi connectivity index (χ1n) is 7.04. The third-order valence-corrected chi connectivity index (χ3v) is 4.50. The Morgan fingerprint density at radius 3 is 2.78 bits per heavy atom. The van der Waals surface area contributed by atoms with Gasteiger partial charge in [-0.1, -0.05) is 6.92 Å². The number of nitrogens with zero attached hydrogens (tertiary/aromatic N) is 1. The Labute approximate surface area is 109 Å². The summed E-state index contributed by atoms with van der Waals surface area (Å²) in [6.07, 6.45) is 8.02. The van der Waals surface area contributed by atoms with E-state index in [1.807, 2.05) is 6.20 Å². The molecule has 2 fully saturated rings. The van der Waals surface area contributed by atoms with Crippen LogP contribution in [0.2, 0.25) is 0 Å². The molecule has 1 heterocycles. The van der Waals surface area contributed by atoms with Crippen LogP contribution in [0.3, 0.4) is 0 Å². The van der Waals surface area contributed by atoms with Crippen molar-refractivity contribution in [2.45, 2.75) is 32.2 Å². The van der Waals surface area contributed by atoms with Gasteiger partial charge in [-0.3, -0.25) is 4.98 Å². The first-order valence-corrected chi connectivity index (χ1v) is 7.04. The van der Waals surface area contributed by atoms with Gasteiger partial charge < -0.3 is 10.1 Å². The van der Waals surface area contributed by atoms with Gasteiger partial charge in [-0.15, -0.1) is 0 Å². The van der Waals surface area contributed by atoms with Gasteiger partial charge in [0.05, 0.1) is 13.3 Å². The molecular weight excluding hydrogens is 224 g/mol. The van der Waals surface area contributed by atoms with Crippen LogP contribution in [0.1, 0.15) is 37.8 Å². The van der Waals surface area contributed by atoms with Crippen molar-refractivity contribution in [3.05, 3.63) is 24.0 Å². The molecule has 18 heavy (non-hydrogen) atoms. The number of ether oxygens (including phenoxy) is 1. The van der Waals surface area contributed by atoms with Crippen LogP contribution in [-0.2, 0) is 0 Å². The van der Waals surface area contributed by atoms with Crippen molar-refractivity contribution in [1.82, 2.24) is 10.3 Å². The van der Waals surface area contributed by atoms with Gasteiger partial charge in [-0.2, -0.15) is 0 Å². The first-order chi connectivity index (χ1) is 8.81. The van der Waals surface area contributed by atoms with E-state index in [1.165, 1.54) is 24.8 Å². The highest BCUT2D eigenvalue weighted by molar-refractivity contribution is 5.27. The minimum Gasteiger partial charge on any atom is -0.495 e. The van der Waals surface area contributed by atoms with E-state index in [9.17, 15) is 0 Å². The van der Waals surface area contributed by atoms with Crippen molar-refractivity contribution >= 4 is 0 Å². The molecule has 0 radical (unpaired) electrons. The van der Waals surface area contributed by atoms with E-state index in [-0.39, 0.29) is 0 Å². The Morgan fingerprint density at radius 1 is 1.33 bits per heavy atom. The molecule has 98 valence electrons. The summed E-state index contributed by atoms with van der Waals surface area (Å²) in [6.45, 7) is 3.18. The minimum absolute atomic E-state index is 0.449. The largest absolute Gasteiger partial charge is 0.495 e. The van der Waals surface area contributed by atoms with E-state index in [2.05, 4.69) is 23.3 Å². The van der Waals surface area contributed by atoms with Crippen molar-refractivity contribution in [1.29, 1.82) is 0 Å². The predicted molar refractivity (Wildman–Crippen MR) is 71.5 cm³/mol. The maximum atomic E-state index is 5.29. The molecular formula is C15H22N2O. The molecule has 3 heteroatoms. The number of nitrogens with one attached hydrogen (secondary N) is 1. The molecule has 0 saturated heterocycles. The van der Waals surface area contributed by atoms with Crippen molar-refractivity contribution in [3.8, 4) is 5.75 Å². The summed E-state index contributed by atoms with van der Waals surface area (Å²) < 4.78 is 5.29. The van der Waals surface area contributed by atoms with E-state index in [0.717, 1.165) is 30.0 Å². The van der Waals surface area contributed by atoms with E-state index in [1.54, 1.807) is 13.3 Å². The minimum atomic E-state index is 0.449. The van der Waals surface area contributed by atoms with E-state index >= 15 is 0 Å². The number of methoxy groups -OCH3 is 1. The molecule has 2 aliphatic rings. The normalized spacial score (nSPS) is 30.9. The summed E-state index contributed by atoms with van der Waals surface area (Å²) in [7, 11) is 1.70. The fourth-order valence-corrected chi connectivity index (χ4v) is 3.53. The van der Waals surface area contributed by atoms with Crippen LogP contribution in [0.5, 0.6) is 5.75 Å². The molecule has 2 saturated carbocycles. The molecule has 1 aromatic heterocycles. The number of pyridine rings is 1. The summed E-state index contributed by atoms with van der Waals surface area (Å²) in [6, 6.07) is 2.58. The lowest BCUT2D eigenvalue weighted by molar-refractivity contribution is 0.343. The lowest BCUT2D eigenvalue weighted by Gasteiger charge is -2.26. The zero-order valence-electron chi connectivity index (χ0n) is 11.2. The highest BCUT2D eigenvalue weighted by Gasteiger charge is 2.47. The van der Waals surface area contributed by atoms with Gasteiger partial charge >= 0.3 is 0 Å². The van der Waals surface area contributed by atoms with Crippen LogP contribution < -0.4 is 10.1 Å². The van der Waals surface area contributed by atoms with Crippen LogP contribution in [0.4, 0.5) is 0 Å². The number of fused-ring (bicyclic) bond motifs is 1. The summed E-state index contributed by atoms with van der Waals surface area (Å²) >= 11 is 0. The van der Waals surface area contributed by atoms with Crippen LogP contribution in [0.15, 0.2) is 18.5 Å². The fraction of sp³-hybridized carbons (Fsp3) is 0.667. The van der Waals surface area contributed by atoms with Gasteiger partial charge in [0.25, 0.3) is 0 Å². The third-order valence-electron chi connectivity index (χ3n) is 4.50. The number of rotatable bonds is 5. The summed E-state index contributed by atoms with van der Waals surface area (Å²) in [5, 5.41) is 3.64. The second kappa shape index (κ2) is 4.88. The maximum absolute atomic E-state index is 5.29. The third kappa shape index (κ3) is 2.24. The monoisotopic (exact) mass is 246 g/mol. The quantitative estimate of drug-likeness (QED) is 0.867. The molecule has 3 rings (SSSR count). The first kappa shape index (κ1) is 12.0. The van der Waals surface area contributed by atoms with Crippen LogP contribution in [-0.4, -0.2) is 18.6 Å². The number of aromatic nitrogens is 1. The van der Waals surface area contributed by atoms with Crippen LogP contribution >= 0.6 is 0 Å². The zero-order valence-corrected chi connectivity index (χ0v) is 11.2. The van der Waals surface area contributed by atoms with Gasteiger partial charge in [0.15, 0.2) is 0 Å². The number of hydrogen-bond donors (Lipinski definition) is 1. The summed E-state index contributed by atoms with van der Waals surface area (Å²) in [5.74, 6) is 3.69. The molecule has 1 aromatic rings. The van der Waals surface area contributed by atoms with E-state index in [0.29, 0.717) is 6.04 Å². The number of hydrogen-bond acceptors (Lipinski definition) is 3. The molecule has 0 spiro atoms. The molecule has 2 aliphatic carbocycles. The van der Waals surface area contributed by atoms with Gasteiger partial charge in [0, 0.05) is 12.2 Å². The summed E-state index contributed by atoms with van der Waals surface area (Å²) in [4.78, 5) is 4.30. The second-order valence-electron chi connectivity index (χ2n) is 5.68. The lowest BCUT2D eigenvalue weighted by Crippen LogP contribution is -2.27. The maximum Gasteiger partial charge on any atom is 0.137 e. The average molecular weight is 246 g/mol. The Balaban J connectivity index is 1.79. The molecule has 0 bridgehead atoms. The fourth-order valence-electron chi connectivity index (χ4n) is 3.53. The van der Waals surface area contributed by atoms with Crippen molar-refractivity contribution < 1.29 is 4.74 Å². The topological polar surface area (TPSA) is 34.2 Å². The summed E-state index contributed by atoms with van der Waals surface area (Å²) in [5.41, 5.74) is 1.28. The van der Waals surface area contributed by atoms with Gasteiger partial charge in [-0.25, -0.2) is 0 Å². The van der Waals surface area contributed by atoms with Gasteiger partial charge in [0.2, 0.25) is 0 Å². The Morgan fingerprint density at radius 2 is 2.11 bits per heavy atom. The molecule has 0 aliphatic heterocycles. The van der Waals surface area contributed by atoms with E-state index in [4.69, 9.17) is 4.74 Å². The molecule has 3 nitrogen and oxygen atoms in total. The smallest absolute Gasteiger partial charge is 0.137 e. The molecule has 3 unspecified atom stereocenters. The standard InChI is InChI=1S/C15H22N2O/c1-3-17-15(12-5-10-4-11(10)6-12)13-7-14(18-2)9-16-8-13/h7-12,15,17H,3-6H2,1-2H3. The lowest BCUT2D eigenvalue weighted by atomic mass is 9.90. The Hall–Kier alpha value is -1.09. The van der Waals surface area contributed by atoms with Crippen molar-refractivity contribution in [2.24, 2.45) is 17.8 Å². The second-order valence-corrected chi connectivity index (χ2v) is 5.68. The van der Waals surface area contributed by atoms with Gasteiger partial charge in [0.1, 0.15) is 5.75 Å². The molecule has 0 amide bonds. The molecule has 3 atom stereocenters. The van der Waals surface area contributed by atoms with Crippen molar-refractivity contribution in [2.75, 3.05) is 13.7 Å². The van der Waals surface area contributed by atoms with Crippen LogP contribution in [0.25, 0.3) is 0 Å². The highest BCUT2D eigenvalue weighted by Crippen LogP contribution is 2.57. The van der Waals surface area contributed by atoms with E-state index < -0.39 is 0 Å². The Bertz CT molecular complexity index is 411. The van der Waals surface area contributed by atoms with Gasteiger partial charge in [-0.05, 0) is 55.2 Å². The highest BCUT2D eigenvalue weighted by atomic mass is 16.5. The van der Waals surface area contributed by atoms with Crippen LogP contribution in [0, 0.1) is 17.8 Å². The van der Waals surface area contributed by atoms with Crippen molar-refractivity contribution in [3.63, 3.8) is 0 Å². The molecule has 0 aromatic carbocycles. The molecule has 1 N–H and O–H groups in total. The average Bonchev–Trinajstić information content (AvgIpc) is 3.03. The Kier molecular flexibility index (Phi) is 3.25. The predicted octanol–water partition coefficient (Wildman–Crippen LogP) is 2.79.